The Labute approximate surface area is 157 Å². The van der Waals surface area contributed by atoms with Crippen molar-refractivity contribution in [2.75, 3.05) is 6.61 Å². The molecule has 28 heavy (non-hydrogen) atoms. The standard InChI is InChI=1S/C14H17F3N2O8S/c1-2-3-6-25-13(22)18-26-12(21)11-9(27-28(23,24)14(15,16)17)5-4-8-7-10(20)19(8)11/h8H,2-7H2,1H3,(H,18,22). The van der Waals surface area contributed by atoms with Crippen molar-refractivity contribution in [2.24, 2.45) is 0 Å². The van der Waals surface area contributed by atoms with Crippen LogP contribution in [0.5, 0.6) is 0 Å². The molecule has 0 radical (unpaired) electrons. The quantitative estimate of drug-likeness (QED) is 0.220. The van der Waals surface area contributed by atoms with Gasteiger partial charge < -0.3 is 13.8 Å². The number of alkyl halides is 3. The number of allylic oxidation sites excluding steroid dienone is 1. The SMILES string of the molecule is CCCCOC(=O)NOC(=O)C1=C(OS(=O)(=O)C(F)(F)F)CCC2CC(=O)N12. The van der Waals surface area contributed by atoms with Crippen LogP contribution in [0.15, 0.2) is 11.5 Å². The summed E-state index contributed by atoms with van der Waals surface area (Å²) in [5, 5.41) is 0. The van der Waals surface area contributed by atoms with E-state index in [1.54, 1.807) is 5.48 Å². The van der Waals surface area contributed by atoms with Crippen molar-refractivity contribution in [3.63, 3.8) is 0 Å². The molecular weight excluding hydrogens is 413 g/mol. The summed E-state index contributed by atoms with van der Waals surface area (Å²) >= 11 is 0. The second-order valence-corrected chi connectivity index (χ2v) is 7.43. The van der Waals surface area contributed by atoms with Crippen LogP contribution in [0.3, 0.4) is 0 Å². The molecule has 0 bridgehead atoms. The van der Waals surface area contributed by atoms with Crippen molar-refractivity contribution in [2.45, 2.75) is 50.6 Å². The van der Waals surface area contributed by atoms with Crippen LogP contribution in [0.1, 0.15) is 39.0 Å². The predicted octanol–water partition coefficient (Wildman–Crippen LogP) is 1.44. The number of carbonyl (C=O) groups excluding carboxylic acids is 3. The number of hydroxylamine groups is 1. The van der Waals surface area contributed by atoms with Crippen LogP contribution >= 0.6 is 0 Å². The van der Waals surface area contributed by atoms with Crippen molar-refractivity contribution in [1.82, 2.24) is 10.4 Å². The van der Waals surface area contributed by atoms with Gasteiger partial charge in [-0.05, 0) is 12.8 Å². The Morgan fingerprint density at radius 1 is 1.32 bits per heavy atom. The number of hydrogen-bond acceptors (Lipinski definition) is 8. The first-order valence-corrected chi connectivity index (χ1v) is 9.58. The van der Waals surface area contributed by atoms with E-state index in [0.717, 1.165) is 11.3 Å². The van der Waals surface area contributed by atoms with Gasteiger partial charge in [0.25, 0.3) is 0 Å². The van der Waals surface area contributed by atoms with Crippen molar-refractivity contribution < 1.29 is 49.7 Å². The summed E-state index contributed by atoms with van der Waals surface area (Å²) in [7, 11) is -6.06. The zero-order chi connectivity index (χ0) is 21.1. The number of rotatable bonds is 6. The Morgan fingerprint density at radius 2 is 2.00 bits per heavy atom. The lowest BCUT2D eigenvalue weighted by molar-refractivity contribution is -0.156. The van der Waals surface area contributed by atoms with Gasteiger partial charge >= 0.3 is 27.7 Å². The number of nitrogens with one attached hydrogen (secondary N) is 1. The van der Waals surface area contributed by atoms with Gasteiger partial charge in [0.05, 0.1) is 6.61 Å². The van der Waals surface area contributed by atoms with Crippen molar-refractivity contribution >= 4 is 28.1 Å². The van der Waals surface area contributed by atoms with Crippen LogP contribution in [0.2, 0.25) is 0 Å². The van der Waals surface area contributed by atoms with Crippen LogP contribution in [-0.4, -0.2) is 49.4 Å². The Hall–Kier alpha value is -2.51. The minimum Gasteiger partial charge on any atom is -0.447 e. The third-order valence-corrected chi connectivity index (χ3v) is 4.89. The maximum Gasteiger partial charge on any atom is 0.534 e. The number of halogens is 3. The fourth-order valence-electron chi connectivity index (χ4n) is 2.52. The molecule has 1 N–H and O–H groups in total. The molecule has 1 unspecified atom stereocenters. The monoisotopic (exact) mass is 430 g/mol. The van der Waals surface area contributed by atoms with Gasteiger partial charge in [0.1, 0.15) is 0 Å². The van der Waals surface area contributed by atoms with Crippen LogP contribution < -0.4 is 5.48 Å². The van der Waals surface area contributed by atoms with Gasteiger partial charge in [-0.3, -0.25) is 9.69 Å². The Kier molecular flexibility index (Phi) is 6.41. The highest BCUT2D eigenvalue weighted by Crippen LogP contribution is 2.39. The number of β-lactam (4-membered cyclic amide) rings is 1. The highest BCUT2D eigenvalue weighted by atomic mass is 32.2. The van der Waals surface area contributed by atoms with Crippen molar-refractivity contribution in [3.8, 4) is 0 Å². The van der Waals surface area contributed by atoms with E-state index in [2.05, 4.69) is 13.8 Å². The van der Waals surface area contributed by atoms with Crippen LogP contribution in [0.25, 0.3) is 0 Å². The van der Waals surface area contributed by atoms with E-state index in [9.17, 15) is 36.0 Å². The molecule has 1 atom stereocenters. The minimum atomic E-state index is -6.06. The molecule has 0 aromatic rings. The van der Waals surface area contributed by atoms with Crippen LogP contribution in [0.4, 0.5) is 18.0 Å². The van der Waals surface area contributed by atoms with E-state index in [1.807, 2.05) is 6.92 Å². The van der Waals surface area contributed by atoms with Gasteiger partial charge in [-0.2, -0.15) is 21.6 Å². The van der Waals surface area contributed by atoms with E-state index in [-0.39, 0.29) is 25.9 Å². The van der Waals surface area contributed by atoms with E-state index < -0.39 is 51.1 Å². The zero-order valence-corrected chi connectivity index (χ0v) is 15.4. The van der Waals surface area contributed by atoms with Gasteiger partial charge in [-0.15, -0.1) is 5.48 Å². The molecule has 2 heterocycles. The predicted molar refractivity (Wildman–Crippen MR) is 83.1 cm³/mol. The maximum absolute atomic E-state index is 12.6. The molecule has 2 aliphatic rings. The topological polar surface area (TPSA) is 128 Å². The number of hydrogen-bond donors (Lipinski definition) is 1. The average Bonchev–Trinajstić information content (AvgIpc) is 2.58. The summed E-state index contributed by atoms with van der Waals surface area (Å²) in [6.45, 7) is 1.88. The number of unbranched alkanes of at least 4 members (excludes halogenated alkanes) is 1. The number of fused-ring (bicyclic) bond motifs is 1. The van der Waals surface area contributed by atoms with Gasteiger partial charge in [-0.25, -0.2) is 9.59 Å². The summed E-state index contributed by atoms with van der Waals surface area (Å²) in [4.78, 5) is 40.6. The third-order valence-electron chi connectivity index (χ3n) is 3.90. The first-order chi connectivity index (χ1) is 13.0. The molecule has 158 valence electrons. The lowest BCUT2D eigenvalue weighted by Gasteiger charge is -2.44. The van der Waals surface area contributed by atoms with Gasteiger partial charge in [0.2, 0.25) is 5.91 Å². The molecule has 0 aromatic heterocycles. The molecular formula is C14H17F3N2O8S. The number of amides is 2. The molecule has 0 aromatic carbocycles. The van der Waals surface area contributed by atoms with Crippen LogP contribution in [-0.2, 0) is 33.5 Å². The Morgan fingerprint density at radius 3 is 2.57 bits per heavy atom. The molecule has 0 spiro atoms. The fourth-order valence-corrected chi connectivity index (χ4v) is 3.04. The maximum atomic E-state index is 12.6. The lowest BCUT2D eigenvalue weighted by atomic mass is 9.91. The summed E-state index contributed by atoms with van der Waals surface area (Å²) in [6.07, 6.45) is -0.0958. The van der Waals surface area contributed by atoms with E-state index in [4.69, 9.17) is 0 Å². The largest absolute Gasteiger partial charge is 0.534 e. The zero-order valence-electron chi connectivity index (χ0n) is 14.6. The molecule has 1 fully saturated rings. The van der Waals surface area contributed by atoms with Crippen LogP contribution in [0, 0.1) is 0 Å². The number of carbonyl (C=O) groups is 3. The van der Waals surface area contributed by atoms with Gasteiger partial charge in [0.15, 0.2) is 11.5 Å². The second kappa shape index (κ2) is 8.24. The molecule has 0 saturated carbocycles. The van der Waals surface area contributed by atoms with E-state index in [1.165, 1.54) is 0 Å². The van der Waals surface area contributed by atoms with Gasteiger partial charge in [0, 0.05) is 18.9 Å². The van der Waals surface area contributed by atoms with Gasteiger partial charge in [-0.1, -0.05) is 13.3 Å². The Balaban J connectivity index is 2.18. The first-order valence-electron chi connectivity index (χ1n) is 8.17. The summed E-state index contributed by atoms with van der Waals surface area (Å²) in [6, 6.07) is -0.507. The molecule has 2 amide bonds. The molecule has 0 aliphatic carbocycles. The number of ether oxygens (including phenoxy) is 1. The minimum absolute atomic E-state index is 0.0303. The highest BCUT2D eigenvalue weighted by molar-refractivity contribution is 7.87. The smallest absolute Gasteiger partial charge is 0.447 e. The molecule has 2 aliphatic heterocycles. The summed E-state index contributed by atoms with van der Waals surface area (Å²) < 4.78 is 69.0. The summed E-state index contributed by atoms with van der Waals surface area (Å²) in [5.41, 5.74) is -4.92. The van der Waals surface area contributed by atoms with Crippen molar-refractivity contribution in [3.05, 3.63) is 11.5 Å². The third kappa shape index (κ3) is 4.66. The average molecular weight is 430 g/mol. The van der Waals surface area contributed by atoms with Crippen molar-refractivity contribution in [1.29, 1.82) is 0 Å². The first kappa shape index (κ1) is 21.8. The molecule has 1 saturated heterocycles. The van der Waals surface area contributed by atoms with E-state index >= 15 is 0 Å². The summed E-state index contributed by atoms with van der Waals surface area (Å²) in [5.74, 6) is -2.99. The molecule has 2 rings (SSSR count). The lowest BCUT2D eigenvalue weighted by Crippen LogP contribution is -2.56. The molecule has 10 nitrogen and oxygen atoms in total. The molecule has 14 heteroatoms. The fraction of sp³-hybridized carbons (Fsp3) is 0.643. The van der Waals surface area contributed by atoms with E-state index in [0.29, 0.717) is 6.42 Å². The highest BCUT2D eigenvalue weighted by Gasteiger charge is 2.52. The Bertz CT molecular complexity index is 793. The normalized spacial score (nSPS) is 19.5. The number of nitrogens with zero attached hydrogens (tertiary/aromatic N) is 1. The second-order valence-electron chi connectivity index (χ2n) is 5.90.